The highest BCUT2D eigenvalue weighted by Crippen LogP contribution is 2.33. The maximum atomic E-state index is 3.89. The largest absolute Gasteiger partial charge is 0.317 e. The van der Waals surface area contributed by atoms with Crippen LogP contribution in [0.15, 0.2) is 0 Å². The lowest BCUT2D eigenvalue weighted by atomic mass is 9.75. The van der Waals surface area contributed by atoms with Crippen LogP contribution in [-0.4, -0.2) is 25.7 Å². The van der Waals surface area contributed by atoms with Gasteiger partial charge in [0.1, 0.15) is 0 Å². The van der Waals surface area contributed by atoms with E-state index in [1.54, 1.807) is 0 Å². The molecule has 2 heteroatoms. The summed E-state index contributed by atoms with van der Waals surface area (Å²) in [5, 5.41) is 7.40. The van der Waals surface area contributed by atoms with Crippen LogP contribution in [0.2, 0.25) is 0 Å². The summed E-state index contributed by atoms with van der Waals surface area (Å²) >= 11 is 0. The molecule has 2 N–H and O–H groups in total. The minimum absolute atomic E-state index is 0.609. The number of hydrogen-bond donors (Lipinski definition) is 2. The van der Waals surface area contributed by atoms with E-state index >= 15 is 0 Å². The van der Waals surface area contributed by atoms with Crippen molar-refractivity contribution in [1.29, 1.82) is 0 Å². The third kappa shape index (κ3) is 3.96. The molecule has 1 saturated carbocycles. The second kappa shape index (κ2) is 6.75. The molecule has 1 aliphatic heterocycles. The molecule has 0 amide bonds. The Kier molecular flexibility index (Phi) is 5.30. The van der Waals surface area contributed by atoms with E-state index in [9.17, 15) is 0 Å². The summed E-state index contributed by atoms with van der Waals surface area (Å²) in [5.74, 6) is 0. The minimum Gasteiger partial charge on any atom is -0.317 e. The maximum Gasteiger partial charge on any atom is 0.00672 e. The molecule has 100 valence electrons. The van der Waals surface area contributed by atoms with Gasteiger partial charge in [0.15, 0.2) is 0 Å². The summed E-state index contributed by atoms with van der Waals surface area (Å²) in [6.45, 7) is 6.07. The highest BCUT2D eigenvalue weighted by Gasteiger charge is 2.31. The Morgan fingerprint density at radius 3 is 2.47 bits per heavy atom. The Morgan fingerprint density at radius 1 is 1.12 bits per heavy atom. The Labute approximate surface area is 107 Å². The van der Waals surface area contributed by atoms with Gasteiger partial charge in [-0.05, 0) is 50.6 Å². The van der Waals surface area contributed by atoms with Crippen molar-refractivity contribution in [3.8, 4) is 0 Å². The average Bonchev–Trinajstić information content (AvgIpc) is 2.39. The average molecular weight is 238 g/mol. The van der Waals surface area contributed by atoms with Gasteiger partial charge in [-0.1, -0.05) is 32.6 Å². The maximum absolute atomic E-state index is 3.89. The zero-order chi connectivity index (χ0) is 12.0. The van der Waals surface area contributed by atoms with Gasteiger partial charge >= 0.3 is 0 Å². The fraction of sp³-hybridized carbons (Fsp3) is 1.00. The van der Waals surface area contributed by atoms with E-state index in [4.69, 9.17) is 0 Å². The van der Waals surface area contributed by atoms with Crippen LogP contribution in [0.5, 0.6) is 0 Å². The van der Waals surface area contributed by atoms with E-state index in [-0.39, 0.29) is 0 Å². The van der Waals surface area contributed by atoms with Crippen LogP contribution in [-0.2, 0) is 0 Å². The van der Waals surface area contributed by atoms with Gasteiger partial charge in [0, 0.05) is 12.6 Å². The normalized spacial score (nSPS) is 25.9. The lowest BCUT2D eigenvalue weighted by Crippen LogP contribution is -2.46. The highest BCUT2D eigenvalue weighted by molar-refractivity contribution is 4.87. The molecule has 0 radical (unpaired) electrons. The molecule has 0 bridgehead atoms. The lowest BCUT2D eigenvalue weighted by Gasteiger charge is -2.39. The Hall–Kier alpha value is -0.0800. The third-order valence-corrected chi connectivity index (χ3v) is 4.82. The molecule has 2 nitrogen and oxygen atoms in total. The van der Waals surface area contributed by atoms with Crippen molar-refractivity contribution in [2.75, 3.05) is 19.6 Å². The van der Waals surface area contributed by atoms with Gasteiger partial charge in [0.2, 0.25) is 0 Å². The highest BCUT2D eigenvalue weighted by atomic mass is 14.9. The fourth-order valence-corrected chi connectivity index (χ4v) is 3.67. The second-order valence-corrected chi connectivity index (χ2v) is 6.22. The molecule has 2 rings (SSSR count). The van der Waals surface area contributed by atoms with Gasteiger partial charge in [0.25, 0.3) is 0 Å². The number of piperidine rings is 1. The molecule has 0 unspecified atom stereocenters. The van der Waals surface area contributed by atoms with Crippen molar-refractivity contribution in [1.82, 2.24) is 10.6 Å². The van der Waals surface area contributed by atoms with Crippen LogP contribution < -0.4 is 10.6 Å². The first kappa shape index (κ1) is 13.4. The van der Waals surface area contributed by atoms with E-state index < -0.39 is 0 Å². The molecule has 0 aromatic heterocycles. The van der Waals surface area contributed by atoms with Crippen molar-refractivity contribution < 1.29 is 0 Å². The van der Waals surface area contributed by atoms with Crippen LogP contribution in [0.1, 0.15) is 64.7 Å². The lowest BCUT2D eigenvalue weighted by molar-refractivity contribution is 0.164. The van der Waals surface area contributed by atoms with E-state index in [1.165, 1.54) is 77.4 Å². The zero-order valence-electron chi connectivity index (χ0n) is 11.6. The van der Waals surface area contributed by atoms with Crippen molar-refractivity contribution in [3.63, 3.8) is 0 Å². The van der Waals surface area contributed by atoms with E-state index in [0.29, 0.717) is 5.41 Å². The monoisotopic (exact) mass is 238 g/mol. The van der Waals surface area contributed by atoms with Gasteiger partial charge in [0.05, 0.1) is 0 Å². The molecular weight excluding hydrogens is 208 g/mol. The Bertz CT molecular complexity index is 197. The molecule has 17 heavy (non-hydrogen) atoms. The standard InChI is InChI=1S/C15H30N2/c1-2-8-15(9-11-16-12-10-15)13-17-14-6-4-3-5-7-14/h14,16-17H,2-13H2,1H3. The van der Waals surface area contributed by atoms with Crippen LogP contribution >= 0.6 is 0 Å². The Balaban J connectivity index is 1.79. The number of hydrogen-bond acceptors (Lipinski definition) is 2. The van der Waals surface area contributed by atoms with Crippen molar-refractivity contribution >= 4 is 0 Å². The first-order valence-corrected chi connectivity index (χ1v) is 7.79. The quantitative estimate of drug-likeness (QED) is 0.769. The summed E-state index contributed by atoms with van der Waals surface area (Å²) in [6, 6.07) is 0.826. The van der Waals surface area contributed by atoms with Crippen molar-refractivity contribution in [2.45, 2.75) is 70.8 Å². The van der Waals surface area contributed by atoms with Gasteiger partial charge in [-0.2, -0.15) is 0 Å². The smallest absolute Gasteiger partial charge is 0.00672 e. The van der Waals surface area contributed by atoms with Gasteiger partial charge in [-0.25, -0.2) is 0 Å². The fourth-order valence-electron chi connectivity index (χ4n) is 3.67. The molecule has 0 atom stereocenters. The zero-order valence-corrected chi connectivity index (χ0v) is 11.6. The van der Waals surface area contributed by atoms with Gasteiger partial charge in [-0.15, -0.1) is 0 Å². The van der Waals surface area contributed by atoms with Crippen LogP contribution in [0.3, 0.4) is 0 Å². The van der Waals surface area contributed by atoms with Gasteiger partial charge < -0.3 is 10.6 Å². The molecule has 1 saturated heterocycles. The van der Waals surface area contributed by atoms with Crippen LogP contribution in [0.25, 0.3) is 0 Å². The SMILES string of the molecule is CCCC1(CNC2CCCCC2)CCNCC1. The van der Waals surface area contributed by atoms with Gasteiger partial charge in [-0.3, -0.25) is 0 Å². The summed E-state index contributed by atoms with van der Waals surface area (Å²) in [4.78, 5) is 0. The van der Waals surface area contributed by atoms with Crippen molar-refractivity contribution in [2.24, 2.45) is 5.41 Å². The van der Waals surface area contributed by atoms with E-state index in [2.05, 4.69) is 17.6 Å². The third-order valence-electron chi connectivity index (χ3n) is 4.82. The summed E-state index contributed by atoms with van der Waals surface area (Å²) < 4.78 is 0. The second-order valence-electron chi connectivity index (χ2n) is 6.22. The predicted octanol–water partition coefficient (Wildman–Crippen LogP) is 3.08. The van der Waals surface area contributed by atoms with Crippen molar-refractivity contribution in [3.05, 3.63) is 0 Å². The molecule has 0 aromatic rings. The molecule has 2 aliphatic rings. The first-order valence-electron chi connectivity index (χ1n) is 7.79. The summed E-state index contributed by atoms with van der Waals surface area (Å²) in [6.07, 6.45) is 12.7. The molecular formula is C15H30N2. The molecule has 0 spiro atoms. The Morgan fingerprint density at radius 2 is 1.82 bits per heavy atom. The van der Waals surface area contributed by atoms with E-state index in [0.717, 1.165) is 6.04 Å². The first-order chi connectivity index (χ1) is 8.35. The molecule has 1 aliphatic carbocycles. The summed E-state index contributed by atoms with van der Waals surface area (Å²) in [5.41, 5.74) is 0.609. The molecule has 0 aromatic carbocycles. The summed E-state index contributed by atoms with van der Waals surface area (Å²) in [7, 11) is 0. The van der Waals surface area contributed by atoms with Crippen LogP contribution in [0, 0.1) is 5.41 Å². The minimum atomic E-state index is 0.609. The molecule has 1 heterocycles. The molecule has 2 fully saturated rings. The predicted molar refractivity (Wildman–Crippen MR) is 74.3 cm³/mol. The number of nitrogens with one attached hydrogen (secondary N) is 2. The van der Waals surface area contributed by atoms with E-state index in [1.807, 2.05) is 0 Å². The number of rotatable bonds is 5. The topological polar surface area (TPSA) is 24.1 Å². The van der Waals surface area contributed by atoms with Crippen LogP contribution in [0.4, 0.5) is 0 Å².